The highest BCUT2D eigenvalue weighted by Crippen LogP contribution is 2.13. The molecule has 0 amide bonds. The third kappa shape index (κ3) is 3.46. The maximum absolute atomic E-state index is 13.0. The molecule has 0 aliphatic heterocycles. The van der Waals surface area contributed by atoms with Crippen molar-refractivity contribution >= 4 is 0 Å². The third-order valence-electron chi connectivity index (χ3n) is 2.16. The van der Waals surface area contributed by atoms with Crippen molar-refractivity contribution in [1.29, 1.82) is 0 Å². The zero-order valence-electron chi connectivity index (χ0n) is 8.63. The van der Waals surface area contributed by atoms with E-state index in [9.17, 15) is 9.50 Å². The minimum Gasteiger partial charge on any atom is -0.393 e. The molecule has 0 saturated carbocycles. The predicted molar refractivity (Wildman–Crippen MR) is 55.5 cm³/mol. The van der Waals surface area contributed by atoms with Crippen LogP contribution >= 0.6 is 0 Å². The van der Waals surface area contributed by atoms with Crippen LogP contribution in [0.2, 0.25) is 0 Å². The molecule has 2 heteroatoms. The molecule has 1 aromatic carbocycles. The average Bonchev–Trinajstić information content (AvgIpc) is 2.12. The van der Waals surface area contributed by atoms with Crippen molar-refractivity contribution in [3.8, 4) is 0 Å². The van der Waals surface area contributed by atoms with Crippen LogP contribution in [0.5, 0.6) is 0 Å². The average molecular weight is 195 g/mol. The van der Waals surface area contributed by atoms with Crippen LogP contribution in [0.15, 0.2) is 18.2 Å². The van der Waals surface area contributed by atoms with Crippen molar-refractivity contribution in [2.24, 2.45) is 0 Å². The highest BCUT2D eigenvalue weighted by atomic mass is 19.1. The van der Waals surface area contributed by atoms with Crippen LogP contribution in [0.25, 0.3) is 0 Å². The topological polar surface area (TPSA) is 20.2 Å². The van der Waals surface area contributed by atoms with E-state index in [0.717, 1.165) is 17.5 Å². The number of benzene rings is 1. The van der Waals surface area contributed by atoms with Crippen LogP contribution in [0.4, 0.5) is 4.39 Å². The van der Waals surface area contributed by atoms with Gasteiger partial charge in [-0.05, 0) is 49.4 Å². The number of aliphatic hydroxyl groups excluding tert-OH is 1. The molecule has 1 radical (unpaired) electrons. The van der Waals surface area contributed by atoms with Crippen LogP contribution in [-0.2, 0) is 0 Å². The van der Waals surface area contributed by atoms with E-state index in [-0.39, 0.29) is 11.9 Å². The van der Waals surface area contributed by atoms with E-state index in [1.807, 2.05) is 26.3 Å². The third-order valence-corrected chi connectivity index (χ3v) is 2.16. The van der Waals surface area contributed by atoms with Crippen molar-refractivity contribution in [3.05, 3.63) is 41.6 Å². The summed E-state index contributed by atoms with van der Waals surface area (Å²) in [7, 11) is 0. The lowest BCUT2D eigenvalue weighted by atomic mass is 10.0. The lowest BCUT2D eigenvalue weighted by molar-refractivity contribution is 0.170. The molecule has 0 aliphatic rings. The van der Waals surface area contributed by atoms with E-state index in [1.54, 1.807) is 0 Å². The zero-order valence-corrected chi connectivity index (χ0v) is 8.63. The van der Waals surface area contributed by atoms with Crippen LogP contribution in [-0.4, -0.2) is 11.2 Å². The van der Waals surface area contributed by atoms with Gasteiger partial charge >= 0.3 is 0 Å². The lowest BCUT2D eigenvalue weighted by Gasteiger charge is -2.07. The second kappa shape index (κ2) is 5.11. The second-order valence-corrected chi connectivity index (χ2v) is 3.56. The van der Waals surface area contributed by atoms with Gasteiger partial charge < -0.3 is 5.11 Å². The van der Waals surface area contributed by atoms with Gasteiger partial charge in [-0.25, -0.2) is 4.39 Å². The molecule has 0 saturated heterocycles. The summed E-state index contributed by atoms with van der Waals surface area (Å²) in [5, 5.41) is 9.33. The SMILES string of the molecule is CCC(O)C[CH]c1cc(C)cc(F)c1. The van der Waals surface area contributed by atoms with Gasteiger partial charge in [-0.2, -0.15) is 0 Å². The Bertz CT molecular complexity index is 276. The summed E-state index contributed by atoms with van der Waals surface area (Å²) in [4.78, 5) is 0. The van der Waals surface area contributed by atoms with Gasteiger partial charge in [0.15, 0.2) is 0 Å². The van der Waals surface area contributed by atoms with Gasteiger partial charge in [-0.3, -0.25) is 0 Å². The maximum Gasteiger partial charge on any atom is 0.123 e. The predicted octanol–water partition coefficient (Wildman–Crippen LogP) is 2.85. The molecule has 1 nitrogen and oxygen atoms in total. The minimum absolute atomic E-state index is 0.220. The quantitative estimate of drug-likeness (QED) is 0.783. The monoisotopic (exact) mass is 195 g/mol. The summed E-state index contributed by atoms with van der Waals surface area (Å²) in [5.74, 6) is -0.220. The molecular weight excluding hydrogens is 179 g/mol. The molecule has 0 aliphatic carbocycles. The summed E-state index contributed by atoms with van der Waals surface area (Å²) in [5.41, 5.74) is 1.75. The minimum atomic E-state index is -0.321. The van der Waals surface area contributed by atoms with E-state index < -0.39 is 0 Å². The Labute approximate surface area is 84.6 Å². The van der Waals surface area contributed by atoms with E-state index in [1.165, 1.54) is 12.1 Å². The Balaban J connectivity index is 2.58. The Morgan fingerprint density at radius 2 is 2.14 bits per heavy atom. The van der Waals surface area contributed by atoms with Crippen LogP contribution < -0.4 is 0 Å². The van der Waals surface area contributed by atoms with Crippen molar-refractivity contribution in [2.45, 2.75) is 32.8 Å². The summed E-state index contributed by atoms with van der Waals surface area (Å²) >= 11 is 0. The van der Waals surface area contributed by atoms with E-state index >= 15 is 0 Å². The summed E-state index contributed by atoms with van der Waals surface area (Å²) < 4.78 is 13.0. The second-order valence-electron chi connectivity index (χ2n) is 3.56. The van der Waals surface area contributed by atoms with Crippen molar-refractivity contribution < 1.29 is 9.50 Å². The zero-order chi connectivity index (χ0) is 10.6. The van der Waals surface area contributed by atoms with Crippen LogP contribution in [0.3, 0.4) is 0 Å². The molecule has 1 unspecified atom stereocenters. The van der Waals surface area contributed by atoms with Gasteiger partial charge in [0.2, 0.25) is 0 Å². The number of aryl methyl sites for hydroxylation is 1. The fraction of sp³-hybridized carbons (Fsp3) is 0.417. The Hall–Kier alpha value is -0.890. The highest BCUT2D eigenvalue weighted by molar-refractivity contribution is 5.28. The Morgan fingerprint density at radius 1 is 1.43 bits per heavy atom. The summed E-state index contributed by atoms with van der Waals surface area (Å²) in [6.07, 6.45) is 2.85. The molecule has 77 valence electrons. The highest BCUT2D eigenvalue weighted by Gasteiger charge is 2.03. The molecule has 0 spiro atoms. The molecule has 14 heavy (non-hydrogen) atoms. The van der Waals surface area contributed by atoms with Gasteiger partial charge in [0.25, 0.3) is 0 Å². The van der Waals surface area contributed by atoms with Gasteiger partial charge in [-0.1, -0.05) is 13.0 Å². The van der Waals surface area contributed by atoms with Crippen molar-refractivity contribution in [3.63, 3.8) is 0 Å². The Kier molecular flexibility index (Phi) is 4.08. The number of hydrogen-bond donors (Lipinski definition) is 1. The number of aliphatic hydroxyl groups is 1. The van der Waals surface area contributed by atoms with Gasteiger partial charge in [-0.15, -0.1) is 0 Å². The van der Waals surface area contributed by atoms with E-state index in [4.69, 9.17) is 0 Å². The Morgan fingerprint density at radius 3 is 2.71 bits per heavy atom. The summed E-state index contributed by atoms with van der Waals surface area (Å²) in [6.45, 7) is 3.78. The lowest BCUT2D eigenvalue weighted by Crippen LogP contribution is -2.04. The molecule has 0 fully saturated rings. The fourth-order valence-electron chi connectivity index (χ4n) is 1.32. The molecular formula is C12H16FO. The first-order valence-electron chi connectivity index (χ1n) is 4.90. The first-order valence-corrected chi connectivity index (χ1v) is 4.90. The number of hydrogen-bond acceptors (Lipinski definition) is 1. The standard InChI is InChI=1S/C12H16FO/c1-3-12(14)5-4-10-6-9(2)7-11(13)8-10/h4,6-8,12,14H,3,5H2,1-2H3. The van der Waals surface area contributed by atoms with Crippen LogP contribution in [0, 0.1) is 19.2 Å². The number of halogens is 1. The molecule has 1 aromatic rings. The van der Waals surface area contributed by atoms with E-state index in [0.29, 0.717) is 6.42 Å². The summed E-state index contributed by atoms with van der Waals surface area (Å²) in [6, 6.07) is 4.88. The maximum atomic E-state index is 13.0. The first-order chi connectivity index (χ1) is 6.61. The largest absolute Gasteiger partial charge is 0.393 e. The van der Waals surface area contributed by atoms with Crippen molar-refractivity contribution in [1.82, 2.24) is 0 Å². The van der Waals surface area contributed by atoms with E-state index in [2.05, 4.69) is 0 Å². The molecule has 1 atom stereocenters. The molecule has 0 bridgehead atoms. The van der Waals surface area contributed by atoms with Gasteiger partial charge in [0, 0.05) is 0 Å². The molecule has 0 aromatic heterocycles. The molecule has 0 heterocycles. The fourth-order valence-corrected chi connectivity index (χ4v) is 1.32. The molecule has 1 rings (SSSR count). The smallest absolute Gasteiger partial charge is 0.123 e. The number of rotatable bonds is 4. The van der Waals surface area contributed by atoms with Gasteiger partial charge in [0.1, 0.15) is 5.82 Å². The first kappa shape index (κ1) is 11.2. The van der Waals surface area contributed by atoms with Crippen LogP contribution in [0.1, 0.15) is 30.9 Å². The molecule has 1 N–H and O–H groups in total. The van der Waals surface area contributed by atoms with Crippen molar-refractivity contribution in [2.75, 3.05) is 0 Å². The van der Waals surface area contributed by atoms with Gasteiger partial charge in [0.05, 0.1) is 6.10 Å². The normalized spacial score (nSPS) is 12.9.